The van der Waals surface area contributed by atoms with Gasteiger partial charge in [0.2, 0.25) is 0 Å². The highest BCUT2D eigenvalue weighted by molar-refractivity contribution is 6.35. The Morgan fingerprint density at radius 2 is 1.75 bits per heavy atom. The lowest BCUT2D eigenvalue weighted by atomic mass is 10.1. The summed E-state index contributed by atoms with van der Waals surface area (Å²) >= 11 is 12.5. The van der Waals surface area contributed by atoms with E-state index in [0.717, 1.165) is 29.7 Å². The molecular weight excluding hydrogens is 293 g/mol. The molecule has 0 unspecified atom stereocenters. The first kappa shape index (κ1) is 15.4. The Morgan fingerprint density at radius 3 is 2.25 bits per heavy atom. The summed E-state index contributed by atoms with van der Waals surface area (Å²) in [5, 5.41) is 6.00. The molecule has 5 heteroatoms. The highest BCUT2D eigenvalue weighted by atomic mass is 35.5. The molecule has 0 aliphatic heterocycles. The van der Waals surface area contributed by atoms with Gasteiger partial charge in [0.25, 0.3) is 0 Å². The molecule has 0 radical (unpaired) electrons. The molecule has 1 aromatic carbocycles. The van der Waals surface area contributed by atoms with Crippen LogP contribution in [0.25, 0.3) is 0 Å². The molecule has 20 heavy (non-hydrogen) atoms. The van der Waals surface area contributed by atoms with Crippen molar-refractivity contribution in [2.45, 2.75) is 39.8 Å². The van der Waals surface area contributed by atoms with E-state index in [0.29, 0.717) is 23.1 Å². The van der Waals surface area contributed by atoms with Crippen molar-refractivity contribution in [3.8, 4) is 0 Å². The molecule has 0 saturated heterocycles. The summed E-state index contributed by atoms with van der Waals surface area (Å²) in [4.78, 5) is 0. The summed E-state index contributed by atoms with van der Waals surface area (Å²) in [6, 6.07) is 5.55. The largest absolute Gasteiger partial charge is 0.326 e. The normalized spacial score (nSPS) is 11.1. The lowest BCUT2D eigenvalue weighted by Gasteiger charge is -2.10. The molecule has 1 aromatic heterocycles. The Morgan fingerprint density at radius 1 is 1.10 bits per heavy atom. The Bertz CT molecular complexity index is 585. The second-order valence-electron chi connectivity index (χ2n) is 4.64. The molecule has 0 amide bonds. The molecule has 2 N–H and O–H groups in total. The molecule has 0 aliphatic carbocycles. The second kappa shape index (κ2) is 6.61. The molecule has 2 aromatic rings. The van der Waals surface area contributed by atoms with E-state index in [4.69, 9.17) is 28.9 Å². The van der Waals surface area contributed by atoms with E-state index >= 15 is 0 Å². The van der Waals surface area contributed by atoms with Gasteiger partial charge < -0.3 is 5.73 Å². The number of aromatic nitrogens is 2. The van der Waals surface area contributed by atoms with Gasteiger partial charge in [-0.05, 0) is 25.0 Å². The Balaban J connectivity index is 2.46. The summed E-state index contributed by atoms with van der Waals surface area (Å²) < 4.78 is 1.98. The molecule has 2 rings (SSSR count). The highest BCUT2D eigenvalue weighted by Crippen LogP contribution is 2.26. The first-order chi connectivity index (χ1) is 9.62. The summed E-state index contributed by atoms with van der Waals surface area (Å²) in [7, 11) is 0. The van der Waals surface area contributed by atoms with Crippen LogP contribution in [0.2, 0.25) is 10.0 Å². The second-order valence-corrected chi connectivity index (χ2v) is 5.46. The highest BCUT2D eigenvalue weighted by Gasteiger charge is 2.16. The number of nitrogens with zero attached hydrogens (tertiary/aromatic N) is 2. The average molecular weight is 312 g/mol. The lowest BCUT2D eigenvalue weighted by molar-refractivity contribution is 0.639. The Labute approximate surface area is 129 Å². The summed E-state index contributed by atoms with van der Waals surface area (Å²) in [6.45, 7) is 5.30. The summed E-state index contributed by atoms with van der Waals surface area (Å²) in [6.07, 6.45) is 1.77. The third-order valence-corrected chi connectivity index (χ3v) is 4.20. The maximum Gasteiger partial charge on any atom is 0.0692 e. The quantitative estimate of drug-likeness (QED) is 0.912. The van der Waals surface area contributed by atoms with Gasteiger partial charge in [0.15, 0.2) is 0 Å². The van der Waals surface area contributed by atoms with Crippen LogP contribution in [0.3, 0.4) is 0 Å². The minimum atomic E-state index is 0.516. The molecule has 3 nitrogen and oxygen atoms in total. The Hall–Kier alpha value is -1.03. The van der Waals surface area contributed by atoms with Crippen LogP contribution in [0.5, 0.6) is 0 Å². The van der Waals surface area contributed by atoms with E-state index < -0.39 is 0 Å². The van der Waals surface area contributed by atoms with Crippen LogP contribution in [0.15, 0.2) is 18.2 Å². The van der Waals surface area contributed by atoms with Crippen LogP contribution in [0.4, 0.5) is 0 Å². The van der Waals surface area contributed by atoms with E-state index in [2.05, 4.69) is 18.9 Å². The zero-order valence-electron chi connectivity index (χ0n) is 11.8. The predicted molar refractivity (Wildman–Crippen MR) is 84.4 cm³/mol. The SMILES string of the molecule is CCc1nn(Cc2c(Cl)cccc2Cl)c(CC)c1CN. The molecule has 0 atom stereocenters. The topological polar surface area (TPSA) is 43.8 Å². The van der Waals surface area contributed by atoms with Crippen molar-refractivity contribution >= 4 is 23.2 Å². The zero-order chi connectivity index (χ0) is 14.7. The number of nitrogens with two attached hydrogens (primary N) is 1. The van der Waals surface area contributed by atoms with Crippen molar-refractivity contribution in [3.63, 3.8) is 0 Å². The van der Waals surface area contributed by atoms with Gasteiger partial charge in [0, 0.05) is 33.4 Å². The average Bonchev–Trinajstić information content (AvgIpc) is 2.79. The number of benzene rings is 1. The van der Waals surface area contributed by atoms with Gasteiger partial charge in [0.1, 0.15) is 0 Å². The minimum Gasteiger partial charge on any atom is -0.326 e. The van der Waals surface area contributed by atoms with E-state index in [-0.39, 0.29) is 0 Å². The fourth-order valence-electron chi connectivity index (χ4n) is 2.47. The van der Waals surface area contributed by atoms with Gasteiger partial charge in [0.05, 0.1) is 12.2 Å². The number of aryl methyl sites for hydroxylation is 1. The predicted octanol–water partition coefficient (Wildman–Crippen LogP) is 3.82. The van der Waals surface area contributed by atoms with Crippen molar-refractivity contribution in [1.82, 2.24) is 9.78 Å². The van der Waals surface area contributed by atoms with Crippen LogP contribution in [-0.2, 0) is 25.9 Å². The molecule has 0 spiro atoms. The molecule has 1 heterocycles. The third kappa shape index (κ3) is 2.85. The fraction of sp³-hybridized carbons (Fsp3) is 0.400. The van der Waals surface area contributed by atoms with E-state index in [1.165, 1.54) is 5.69 Å². The molecule has 0 aliphatic rings. The van der Waals surface area contributed by atoms with E-state index in [1.807, 2.05) is 22.9 Å². The maximum absolute atomic E-state index is 6.24. The third-order valence-electron chi connectivity index (χ3n) is 3.49. The van der Waals surface area contributed by atoms with Crippen LogP contribution in [0.1, 0.15) is 36.4 Å². The summed E-state index contributed by atoms with van der Waals surface area (Å²) in [5.74, 6) is 0. The van der Waals surface area contributed by atoms with Gasteiger partial charge in [-0.2, -0.15) is 5.10 Å². The maximum atomic E-state index is 6.24. The number of hydrogen-bond acceptors (Lipinski definition) is 2. The van der Waals surface area contributed by atoms with Crippen molar-refractivity contribution in [2.75, 3.05) is 0 Å². The molecule has 0 bridgehead atoms. The number of hydrogen-bond donors (Lipinski definition) is 1. The number of rotatable bonds is 5. The molecular formula is C15H19Cl2N3. The smallest absolute Gasteiger partial charge is 0.0692 e. The van der Waals surface area contributed by atoms with Gasteiger partial charge in [-0.15, -0.1) is 0 Å². The van der Waals surface area contributed by atoms with Crippen molar-refractivity contribution in [2.24, 2.45) is 5.73 Å². The Kier molecular flexibility index (Phi) is 5.08. The van der Waals surface area contributed by atoms with Crippen molar-refractivity contribution < 1.29 is 0 Å². The molecule has 0 fully saturated rings. The lowest BCUT2D eigenvalue weighted by Crippen LogP contribution is -2.08. The van der Waals surface area contributed by atoms with E-state index in [9.17, 15) is 0 Å². The molecule has 108 valence electrons. The number of halogens is 2. The van der Waals surface area contributed by atoms with Crippen LogP contribution < -0.4 is 5.73 Å². The first-order valence-corrected chi connectivity index (χ1v) is 7.58. The monoisotopic (exact) mass is 311 g/mol. The van der Waals surface area contributed by atoms with E-state index in [1.54, 1.807) is 0 Å². The van der Waals surface area contributed by atoms with Crippen LogP contribution in [-0.4, -0.2) is 9.78 Å². The zero-order valence-corrected chi connectivity index (χ0v) is 13.3. The standard InChI is InChI=1S/C15H19Cl2N3/c1-3-14-10(8-18)15(4-2)20(19-14)9-11-12(16)6-5-7-13(11)17/h5-7H,3-4,8-9,18H2,1-2H3. The minimum absolute atomic E-state index is 0.516. The molecule has 0 saturated carbocycles. The first-order valence-electron chi connectivity index (χ1n) is 6.82. The fourth-order valence-corrected chi connectivity index (χ4v) is 2.99. The van der Waals surface area contributed by atoms with Gasteiger partial charge in [-0.1, -0.05) is 43.1 Å². The van der Waals surface area contributed by atoms with Crippen molar-refractivity contribution in [1.29, 1.82) is 0 Å². The van der Waals surface area contributed by atoms with Crippen molar-refractivity contribution in [3.05, 3.63) is 50.8 Å². The van der Waals surface area contributed by atoms with Gasteiger partial charge in [-0.3, -0.25) is 4.68 Å². The van der Waals surface area contributed by atoms with Gasteiger partial charge >= 0.3 is 0 Å². The van der Waals surface area contributed by atoms with Gasteiger partial charge in [-0.25, -0.2) is 0 Å². The summed E-state index contributed by atoms with van der Waals surface area (Å²) in [5.41, 5.74) is 10.1. The van der Waals surface area contributed by atoms with Crippen LogP contribution >= 0.6 is 23.2 Å². The van der Waals surface area contributed by atoms with Crippen LogP contribution in [0, 0.1) is 0 Å².